The Kier molecular flexibility index (Phi) is 3.13. The number of nitrogens with one attached hydrogen (secondary N) is 1. The number of benzene rings is 1. The third-order valence-electron chi connectivity index (χ3n) is 4.79. The molecule has 1 aliphatic heterocycles. The molecule has 0 saturated heterocycles. The molecular formula is C17H19N5O2. The summed E-state index contributed by atoms with van der Waals surface area (Å²) in [7, 11) is 1.62. The molecule has 1 aromatic carbocycles. The lowest BCUT2D eigenvalue weighted by atomic mass is 10.1. The average molecular weight is 325 g/mol. The smallest absolute Gasteiger partial charge is 0.312 e. The third kappa shape index (κ3) is 2.01. The molecule has 4 rings (SSSR count). The summed E-state index contributed by atoms with van der Waals surface area (Å²) in [5.41, 5.74) is 3.56. The number of anilines is 2. The Morgan fingerprint density at radius 3 is 2.67 bits per heavy atom. The first-order valence-electron chi connectivity index (χ1n) is 8.01. The van der Waals surface area contributed by atoms with Crippen molar-refractivity contribution in [1.29, 1.82) is 0 Å². The maximum absolute atomic E-state index is 12.3. The first-order chi connectivity index (χ1) is 11.5. The van der Waals surface area contributed by atoms with E-state index in [0.29, 0.717) is 23.7 Å². The normalized spacial score (nSPS) is 14.2. The molecule has 24 heavy (non-hydrogen) atoms. The van der Waals surface area contributed by atoms with Gasteiger partial charge in [-0.25, -0.2) is 4.79 Å². The van der Waals surface area contributed by atoms with Gasteiger partial charge in [0.15, 0.2) is 11.2 Å². The van der Waals surface area contributed by atoms with Gasteiger partial charge >= 0.3 is 5.69 Å². The van der Waals surface area contributed by atoms with Crippen LogP contribution in [0.2, 0.25) is 0 Å². The molecule has 7 nitrogen and oxygen atoms in total. The van der Waals surface area contributed by atoms with E-state index in [9.17, 15) is 9.59 Å². The first-order valence-corrected chi connectivity index (χ1v) is 8.01. The zero-order valence-corrected chi connectivity index (χ0v) is 14.0. The van der Waals surface area contributed by atoms with Crippen molar-refractivity contribution in [1.82, 2.24) is 19.1 Å². The van der Waals surface area contributed by atoms with Crippen LogP contribution in [-0.4, -0.2) is 25.6 Å². The van der Waals surface area contributed by atoms with Crippen LogP contribution in [-0.2, 0) is 13.6 Å². The highest BCUT2D eigenvalue weighted by atomic mass is 16.2. The van der Waals surface area contributed by atoms with E-state index in [2.05, 4.69) is 46.9 Å². The molecule has 0 aliphatic carbocycles. The van der Waals surface area contributed by atoms with E-state index in [1.807, 2.05) is 4.57 Å². The lowest BCUT2D eigenvalue weighted by Crippen LogP contribution is -2.31. The molecule has 0 bridgehead atoms. The van der Waals surface area contributed by atoms with Crippen molar-refractivity contribution in [2.75, 3.05) is 11.4 Å². The lowest BCUT2D eigenvalue weighted by molar-refractivity contribution is 0.602. The molecule has 0 spiro atoms. The quantitative estimate of drug-likeness (QED) is 0.737. The van der Waals surface area contributed by atoms with Crippen molar-refractivity contribution >= 4 is 22.8 Å². The summed E-state index contributed by atoms with van der Waals surface area (Å²) < 4.78 is 3.30. The Labute approximate surface area is 138 Å². The maximum Gasteiger partial charge on any atom is 0.329 e. The number of aromatic nitrogens is 4. The monoisotopic (exact) mass is 325 g/mol. The number of imidazole rings is 1. The van der Waals surface area contributed by atoms with Crippen LogP contribution in [0, 0.1) is 13.8 Å². The summed E-state index contributed by atoms with van der Waals surface area (Å²) in [6, 6.07) is 6.29. The summed E-state index contributed by atoms with van der Waals surface area (Å²) in [6.07, 6.45) is 0.910. The highest BCUT2D eigenvalue weighted by Crippen LogP contribution is 2.31. The van der Waals surface area contributed by atoms with E-state index >= 15 is 0 Å². The van der Waals surface area contributed by atoms with Gasteiger partial charge in [-0.2, -0.15) is 4.98 Å². The molecule has 0 radical (unpaired) electrons. The molecule has 124 valence electrons. The van der Waals surface area contributed by atoms with Gasteiger partial charge in [0.05, 0.1) is 0 Å². The van der Waals surface area contributed by atoms with E-state index in [0.717, 1.165) is 18.7 Å². The standard InChI is InChI=1S/C17H19N5O2/c1-10-5-6-12(9-11(10)2)21-7-4-8-22-13-14(18-16(21)22)20(3)17(24)19-15(13)23/h5-6,9H,4,7-8H2,1-3H3,(H,19,23,24). The minimum absolute atomic E-state index is 0.381. The number of hydrogen-bond acceptors (Lipinski definition) is 4. The predicted molar refractivity (Wildman–Crippen MR) is 93.1 cm³/mol. The van der Waals surface area contributed by atoms with Crippen LogP contribution < -0.4 is 16.1 Å². The fourth-order valence-corrected chi connectivity index (χ4v) is 3.27. The van der Waals surface area contributed by atoms with Crippen LogP contribution in [0.1, 0.15) is 17.5 Å². The minimum Gasteiger partial charge on any atom is -0.312 e. The van der Waals surface area contributed by atoms with Crippen molar-refractivity contribution in [2.24, 2.45) is 7.05 Å². The molecule has 3 aromatic rings. The Bertz CT molecular complexity index is 1070. The Balaban J connectivity index is 1.98. The number of aromatic amines is 1. The number of nitrogens with zero attached hydrogens (tertiary/aromatic N) is 4. The molecule has 7 heteroatoms. The second-order valence-corrected chi connectivity index (χ2v) is 6.33. The van der Waals surface area contributed by atoms with E-state index in [1.54, 1.807) is 7.05 Å². The SMILES string of the molecule is Cc1ccc(N2CCCn3c2nc2c3c(=O)[nH]c(=O)n2C)cc1C. The fourth-order valence-electron chi connectivity index (χ4n) is 3.27. The van der Waals surface area contributed by atoms with E-state index < -0.39 is 5.69 Å². The minimum atomic E-state index is -0.444. The summed E-state index contributed by atoms with van der Waals surface area (Å²) in [5.74, 6) is 0.714. The van der Waals surface area contributed by atoms with Gasteiger partial charge in [0, 0.05) is 25.8 Å². The molecule has 0 fully saturated rings. The number of fused-ring (bicyclic) bond motifs is 3. The molecule has 0 saturated carbocycles. The molecule has 1 aliphatic rings. The van der Waals surface area contributed by atoms with Gasteiger partial charge in [-0.1, -0.05) is 6.07 Å². The van der Waals surface area contributed by atoms with Crippen molar-refractivity contribution in [2.45, 2.75) is 26.8 Å². The zero-order valence-electron chi connectivity index (χ0n) is 14.0. The second kappa shape index (κ2) is 5.09. The van der Waals surface area contributed by atoms with Crippen molar-refractivity contribution in [3.63, 3.8) is 0 Å². The van der Waals surface area contributed by atoms with Gasteiger partial charge in [0.1, 0.15) is 0 Å². The number of aryl methyl sites for hydroxylation is 4. The van der Waals surface area contributed by atoms with Gasteiger partial charge in [-0.05, 0) is 43.5 Å². The van der Waals surface area contributed by atoms with Crippen LogP contribution in [0.4, 0.5) is 11.6 Å². The Hall–Kier alpha value is -2.83. The van der Waals surface area contributed by atoms with Crippen LogP contribution in [0.15, 0.2) is 27.8 Å². The first kappa shape index (κ1) is 14.7. The van der Waals surface area contributed by atoms with Crippen LogP contribution in [0.5, 0.6) is 0 Å². The molecule has 0 atom stereocenters. The largest absolute Gasteiger partial charge is 0.329 e. The molecule has 3 heterocycles. The van der Waals surface area contributed by atoms with Gasteiger partial charge in [0.25, 0.3) is 5.56 Å². The van der Waals surface area contributed by atoms with Crippen LogP contribution in [0.25, 0.3) is 11.2 Å². The third-order valence-corrected chi connectivity index (χ3v) is 4.79. The van der Waals surface area contributed by atoms with E-state index in [1.165, 1.54) is 15.7 Å². The predicted octanol–water partition coefficient (Wildman–Crippen LogP) is 1.58. The van der Waals surface area contributed by atoms with Gasteiger partial charge in [0.2, 0.25) is 5.95 Å². The molecule has 0 unspecified atom stereocenters. The lowest BCUT2D eigenvalue weighted by Gasteiger charge is -2.29. The molecule has 2 aromatic heterocycles. The summed E-state index contributed by atoms with van der Waals surface area (Å²) >= 11 is 0. The highest BCUT2D eigenvalue weighted by molar-refractivity contribution is 5.77. The van der Waals surface area contributed by atoms with Crippen LogP contribution in [0.3, 0.4) is 0 Å². The maximum atomic E-state index is 12.3. The Morgan fingerprint density at radius 1 is 1.12 bits per heavy atom. The highest BCUT2D eigenvalue weighted by Gasteiger charge is 2.25. The Morgan fingerprint density at radius 2 is 1.92 bits per heavy atom. The topological polar surface area (TPSA) is 75.9 Å². The number of H-pyrrole nitrogens is 1. The molecule has 0 amide bonds. The van der Waals surface area contributed by atoms with E-state index in [4.69, 9.17) is 0 Å². The van der Waals surface area contributed by atoms with E-state index in [-0.39, 0.29) is 5.56 Å². The van der Waals surface area contributed by atoms with Gasteiger partial charge in [-0.3, -0.25) is 14.3 Å². The van der Waals surface area contributed by atoms with Gasteiger partial charge < -0.3 is 9.47 Å². The summed E-state index contributed by atoms with van der Waals surface area (Å²) in [5, 5.41) is 0. The second-order valence-electron chi connectivity index (χ2n) is 6.33. The number of hydrogen-bond donors (Lipinski definition) is 1. The van der Waals surface area contributed by atoms with Crippen molar-refractivity contribution in [3.05, 3.63) is 50.2 Å². The molecular weight excluding hydrogens is 306 g/mol. The van der Waals surface area contributed by atoms with Crippen LogP contribution >= 0.6 is 0 Å². The van der Waals surface area contributed by atoms with Gasteiger partial charge in [-0.15, -0.1) is 0 Å². The average Bonchev–Trinajstić information content (AvgIpc) is 2.95. The molecule has 1 N–H and O–H groups in total. The number of rotatable bonds is 1. The van der Waals surface area contributed by atoms with Crippen molar-refractivity contribution < 1.29 is 0 Å². The summed E-state index contributed by atoms with van der Waals surface area (Å²) in [4.78, 5) is 33.2. The fraction of sp³-hybridized carbons (Fsp3) is 0.353. The van der Waals surface area contributed by atoms with Crippen molar-refractivity contribution in [3.8, 4) is 0 Å². The zero-order chi connectivity index (χ0) is 17.0. The summed E-state index contributed by atoms with van der Waals surface area (Å²) in [6.45, 7) is 5.71.